The van der Waals surface area contributed by atoms with Crippen molar-refractivity contribution in [2.24, 2.45) is 23.7 Å². The van der Waals surface area contributed by atoms with Gasteiger partial charge in [-0.15, -0.1) is 0 Å². The van der Waals surface area contributed by atoms with Gasteiger partial charge >= 0.3 is 7.32 Å². The first kappa shape index (κ1) is 19.5. The summed E-state index contributed by atoms with van der Waals surface area (Å²) in [4.78, 5) is 24.1. The van der Waals surface area contributed by atoms with Crippen LogP contribution in [0.5, 0.6) is 0 Å². The average Bonchev–Trinajstić information content (AvgIpc) is 2.60. The molecule has 0 aromatic heterocycles. The van der Waals surface area contributed by atoms with E-state index in [4.69, 9.17) is 19.5 Å². The molecule has 8 heteroatoms. The molecular weight excluding hydrogens is 315 g/mol. The van der Waals surface area contributed by atoms with Crippen LogP contribution in [-0.2, 0) is 18.9 Å². The number of Topliss-reactive ketones (excluding diaryl/α,β-unsaturated/α-hetero) is 2. The van der Waals surface area contributed by atoms with Gasteiger partial charge in [-0.1, -0.05) is 12.8 Å². The van der Waals surface area contributed by atoms with Crippen LogP contribution >= 0.6 is 0 Å². The molecule has 3 N–H and O–H groups in total. The average molecular weight is 342 g/mol. The summed E-state index contributed by atoms with van der Waals surface area (Å²) in [5.41, 5.74) is 0. The van der Waals surface area contributed by atoms with Gasteiger partial charge in [0.25, 0.3) is 0 Å². The van der Waals surface area contributed by atoms with Gasteiger partial charge in [0.15, 0.2) is 0 Å². The lowest BCUT2D eigenvalue weighted by Crippen LogP contribution is -2.38. The van der Waals surface area contributed by atoms with Crippen LogP contribution in [0.1, 0.15) is 38.5 Å². The predicted octanol–water partition coefficient (Wildman–Crippen LogP) is -0.0478. The minimum absolute atomic E-state index is 0.0239. The van der Waals surface area contributed by atoms with Gasteiger partial charge in [-0.05, 0) is 25.7 Å². The monoisotopic (exact) mass is 342 g/mol. The normalized spacial score (nSPS) is 31.3. The largest absolute Gasteiger partial charge is 0.636 e. The molecule has 24 heavy (non-hydrogen) atoms. The van der Waals surface area contributed by atoms with Gasteiger partial charge in [-0.3, -0.25) is 9.59 Å². The minimum Gasteiger partial charge on any atom is -0.402 e. The van der Waals surface area contributed by atoms with Gasteiger partial charge in [-0.25, -0.2) is 0 Å². The van der Waals surface area contributed by atoms with Crippen LogP contribution in [0, 0.1) is 23.7 Å². The summed E-state index contributed by atoms with van der Waals surface area (Å²) in [5.74, 6) is -1.37. The van der Waals surface area contributed by atoms with Gasteiger partial charge in [0.05, 0.1) is 13.2 Å². The Morgan fingerprint density at radius 1 is 0.792 bits per heavy atom. The van der Waals surface area contributed by atoms with Crippen molar-refractivity contribution in [3.63, 3.8) is 0 Å². The number of carbonyl (C=O) groups is 2. The highest BCUT2D eigenvalue weighted by atomic mass is 16.7. The van der Waals surface area contributed by atoms with E-state index >= 15 is 0 Å². The Hall–Kier alpha value is -0.795. The van der Waals surface area contributed by atoms with Crippen LogP contribution in [0.3, 0.4) is 0 Å². The summed E-state index contributed by atoms with van der Waals surface area (Å²) >= 11 is 0. The second-order valence-electron chi connectivity index (χ2n) is 6.79. The van der Waals surface area contributed by atoms with E-state index in [1.807, 2.05) is 0 Å². The Bertz CT molecular complexity index is 393. The maximum atomic E-state index is 12.1. The number of carbonyl (C=O) groups excluding carboxylic acids is 2. The number of rotatable bonds is 8. The van der Waals surface area contributed by atoms with Crippen molar-refractivity contribution in [1.82, 2.24) is 0 Å². The van der Waals surface area contributed by atoms with Crippen molar-refractivity contribution < 1.29 is 34.1 Å². The minimum atomic E-state index is -1.48. The third-order valence-corrected chi connectivity index (χ3v) is 5.14. The molecule has 0 radical (unpaired) electrons. The van der Waals surface area contributed by atoms with E-state index in [9.17, 15) is 14.6 Å². The molecule has 0 aromatic rings. The summed E-state index contributed by atoms with van der Waals surface area (Å²) in [5, 5.41) is 28.1. The molecule has 0 amide bonds. The zero-order valence-electron chi connectivity index (χ0n) is 13.9. The summed E-state index contributed by atoms with van der Waals surface area (Å²) in [6.45, 7) is -0.197. The van der Waals surface area contributed by atoms with Crippen LogP contribution < -0.4 is 0 Å². The Balaban J connectivity index is 1.70. The molecule has 4 atom stereocenters. The van der Waals surface area contributed by atoms with Gasteiger partial charge in [-0.2, -0.15) is 0 Å². The molecule has 0 aromatic carbocycles. The molecule has 0 heterocycles. The first-order valence-corrected chi connectivity index (χ1v) is 8.77. The standard InChI is InChI=1S/C16H27BO7/c18-7-11-3-1-5-13(15(11)20)9-23-17(22)24-10-14-6-2-4-12(8-19)16(14)21/h11-14,18-19,22H,1-10H2. The highest BCUT2D eigenvalue weighted by molar-refractivity contribution is 6.34. The summed E-state index contributed by atoms with van der Waals surface area (Å²) < 4.78 is 10.4. The van der Waals surface area contributed by atoms with Crippen molar-refractivity contribution in [2.75, 3.05) is 26.4 Å². The van der Waals surface area contributed by atoms with Crippen LogP contribution in [0.2, 0.25) is 0 Å². The Morgan fingerprint density at radius 3 is 1.54 bits per heavy atom. The van der Waals surface area contributed by atoms with Crippen LogP contribution in [0.4, 0.5) is 0 Å². The first-order valence-electron chi connectivity index (χ1n) is 8.77. The molecule has 2 rings (SSSR count). The SMILES string of the molecule is O=C1C(CO)CCCC1COB(O)OCC1CCCC(CO)C1=O. The zero-order chi connectivity index (χ0) is 17.5. The van der Waals surface area contributed by atoms with E-state index in [-0.39, 0.29) is 61.7 Å². The Morgan fingerprint density at radius 2 is 1.17 bits per heavy atom. The fourth-order valence-corrected chi connectivity index (χ4v) is 3.60. The second-order valence-corrected chi connectivity index (χ2v) is 6.79. The van der Waals surface area contributed by atoms with E-state index in [1.165, 1.54) is 0 Å². The van der Waals surface area contributed by atoms with Crippen LogP contribution in [-0.4, -0.2) is 60.6 Å². The predicted molar refractivity (Wildman–Crippen MR) is 85.7 cm³/mol. The molecule has 0 bridgehead atoms. The number of aliphatic hydroxyl groups is 2. The molecule has 0 spiro atoms. The molecule has 4 unspecified atom stereocenters. The maximum absolute atomic E-state index is 12.1. The van der Waals surface area contributed by atoms with Crippen LogP contribution in [0.25, 0.3) is 0 Å². The summed E-state index contributed by atoms with van der Waals surface area (Å²) in [7, 11) is -1.48. The lowest BCUT2D eigenvalue weighted by molar-refractivity contribution is -0.131. The van der Waals surface area contributed by atoms with E-state index in [1.54, 1.807) is 0 Å². The summed E-state index contributed by atoms with van der Waals surface area (Å²) in [6.07, 6.45) is 4.45. The highest BCUT2D eigenvalue weighted by Gasteiger charge is 2.34. The van der Waals surface area contributed by atoms with Gasteiger partial charge in [0.2, 0.25) is 0 Å². The molecule has 2 fully saturated rings. The Kier molecular flexibility index (Phi) is 7.83. The van der Waals surface area contributed by atoms with E-state index in [0.29, 0.717) is 25.7 Å². The first-order chi connectivity index (χ1) is 11.6. The van der Waals surface area contributed by atoms with E-state index < -0.39 is 7.32 Å². The second kappa shape index (κ2) is 9.63. The maximum Gasteiger partial charge on any atom is 0.636 e. The van der Waals surface area contributed by atoms with E-state index in [2.05, 4.69) is 0 Å². The molecule has 2 aliphatic carbocycles. The molecular formula is C16H27BO7. The molecule has 2 saturated carbocycles. The Labute approximate surface area is 142 Å². The molecule has 7 nitrogen and oxygen atoms in total. The van der Waals surface area contributed by atoms with Crippen molar-refractivity contribution in [1.29, 1.82) is 0 Å². The number of ketones is 2. The third-order valence-electron chi connectivity index (χ3n) is 5.14. The van der Waals surface area contributed by atoms with Crippen molar-refractivity contribution in [3.05, 3.63) is 0 Å². The lowest BCUT2D eigenvalue weighted by atomic mass is 9.80. The number of hydrogen-bond acceptors (Lipinski definition) is 7. The fourth-order valence-electron chi connectivity index (χ4n) is 3.60. The quantitative estimate of drug-likeness (QED) is 0.530. The fraction of sp³-hybridized carbons (Fsp3) is 0.875. The summed E-state index contributed by atoms with van der Waals surface area (Å²) in [6, 6.07) is 0. The van der Waals surface area contributed by atoms with Crippen molar-refractivity contribution in [2.45, 2.75) is 38.5 Å². The molecule has 0 aliphatic heterocycles. The van der Waals surface area contributed by atoms with Crippen LogP contribution in [0.15, 0.2) is 0 Å². The molecule has 2 aliphatic rings. The smallest absolute Gasteiger partial charge is 0.402 e. The highest BCUT2D eigenvalue weighted by Crippen LogP contribution is 2.27. The number of hydrogen-bond donors (Lipinski definition) is 3. The zero-order valence-corrected chi connectivity index (χ0v) is 13.9. The van der Waals surface area contributed by atoms with Crippen molar-refractivity contribution >= 4 is 18.9 Å². The van der Waals surface area contributed by atoms with Gasteiger partial charge in [0.1, 0.15) is 11.6 Å². The number of aliphatic hydroxyl groups excluding tert-OH is 2. The third kappa shape index (κ3) is 5.10. The molecule has 136 valence electrons. The van der Waals surface area contributed by atoms with Gasteiger partial charge < -0.3 is 24.5 Å². The topological polar surface area (TPSA) is 113 Å². The van der Waals surface area contributed by atoms with Crippen molar-refractivity contribution in [3.8, 4) is 0 Å². The lowest BCUT2D eigenvalue weighted by Gasteiger charge is -2.28. The molecule has 0 saturated heterocycles. The van der Waals surface area contributed by atoms with E-state index in [0.717, 1.165) is 12.8 Å². The van der Waals surface area contributed by atoms with Gasteiger partial charge in [0, 0.05) is 36.9 Å².